The summed E-state index contributed by atoms with van der Waals surface area (Å²) >= 11 is 0. The van der Waals surface area contributed by atoms with Crippen molar-refractivity contribution in [3.8, 4) is 6.07 Å². The Labute approximate surface area is 144 Å². The Morgan fingerprint density at radius 1 is 1.36 bits per heavy atom. The van der Waals surface area contributed by atoms with Crippen molar-refractivity contribution in [2.24, 2.45) is 11.1 Å². The van der Waals surface area contributed by atoms with Crippen LogP contribution in [0.3, 0.4) is 0 Å². The number of hydrogen-bond donors (Lipinski definition) is 1. The number of nitrogens with two attached hydrogens (primary N) is 1. The normalized spacial score (nSPS) is 22.1. The fraction of sp³-hybridized carbons (Fsp3) is 0.333. The summed E-state index contributed by atoms with van der Waals surface area (Å²) in [6.45, 7) is 3.88. The van der Waals surface area contributed by atoms with Crippen molar-refractivity contribution >= 4 is 11.5 Å². The average molecular weight is 339 g/mol. The van der Waals surface area contributed by atoms with Crippen LogP contribution >= 0.6 is 0 Å². The minimum Gasteiger partial charge on any atom is -0.483 e. The molecule has 3 rings (SSSR count). The number of carbonyl (C=O) groups excluding carboxylic acids is 1. The molecule has 0 radical (unpaired) electrons. The van der Waals surface area contributed by atoms with Crippen LogP contribution in [0.25, 0.3) is 0 Å². The van der Waals surface area contributed by atoms with Crippen molar-refractivity contribution < 1.29 is 14.5 Å². The van der Waals surface area contributed by atoms with Crippen LogP contribution in [0, 0.1) is 26.9 Å². The van der Waals surface area contributed by atoms with Crippen molar-refractivity contribution in [2.45, 2.75) is 32.8 Å². The molecule has 7 heteroatoms. The van der Waals surface area contributed by atoms with Gasteiger partial charge in [-0.2, -0.15) is 5.26 Å². The van der Waals surface area contributed by atoms with Crippen LogP contribution in [-0.4, -0.2) is 10.7 Å². The molecule has 0 bridgehead atoms. The van der Waals surface area contributed by atoms with Crippen LogP contribution < -0.4 is 5.73 Å². The number of nitro benzene ring substituents is 1. The second-order valence-electron chi connectivity index (χ2n) is 6.99. The van der Waals surface area contributed by atoms with Gasteiger partial charge in [-0.05, 0) is 11.5 Å². The van der Waals surface area contributed by atoms with Crippen molar-refractivity contribution in [1.29, 1.82) is 5.26 Å². The first kappa shape index (κ1) is 16.7. The number of nitro groups is 1. The third-order valence-corrected chi connectivity index (χ3v) is 4.45. The molecule has 0 saturated carbocycles. The van der Waals surface area contributed by atoms with Gasteiger partial charge in [0.2, 0.25) is 0 Å². The molecule has 25 heavy (non-hydrogen) atoms. The second kappa shape index (κ2) is 5.74. The quantitative estimate of drug-likeness (QED) is 0.653. The molecule has 1 heterocycles. The van der Waals surface area contributed by atoms with Crippen molar-refractivity contribution in [3.05, 3.63) is 62.5 Å². The maximum absolute atomic E-state index is 12.5. The van der Waals surface area contributed by atoms with E-state index >= 15 is 0 Å². The highest BCUT2D eigenvalue weighted by atomic mass is 16.6. The standard InChI is InChI=1S/C18H17N3O4/c1-18(2)7-13(22)15-14(8-18)25-17(11(9-19)16(15)20)10-5-3-4-6-12(10)21(23)24/h3-6,17H,7-8,20H2,1-2H3/t17-/m0/s1. The SMILES string of the molecule is CC1(C)CC(=O)C2=C(C1)O[C@@H](c1ccccc1[N+](=O)[O-])C(C#N)=C2N. The summed E-state index contributed by atoms with van der Waals surface area (Å²) in [6, 6.07) is 8.03. The second-order valence-corrected chi connectivity index (χ2v) is 6.99. The maximum Gasteiger partial charge on any atom is 0.276 e. The van der Waals surface area contributed by atoms with Gasteiger partial charge in [-0.15, -0.1) is 0 Å². The summed E-state index contributed by atoms with van der Waals surface area (Å²) < 4.78 is 5.94. The number of nitriles is 1. The summed E-state index contributed by atoms with van der Waals surface area (Å²) in [5.41, 5.74) is 6.23. The summed E-state index contributed by atoms with van der Waals surface area (Å²) in [5, 5.41) is 20.9. The molecule has 1 atom stereocenters. The van der Waals surface area contributed by atoms with Crippen LogP contribution in [0.5, 0.6) is 0 Å². The van der Waals surface area contributed by atoms with Gasteiger partial charge in [0.1, 0.15) is 11.8 Å². The van der Waals surface area contributed by atoms with E-state index in [4.69, 9.17) is 10.5 Å². The molecule has 0 unspecified atom stereocenters. The first-order valence-electron chi connectivity index (χ1n) is 7.81. The molecule has 1 aliphatic heterocycles. The monoisotopic (exact) mass is 339 g/mol. The summed E-state index contributed by atoms with van der Waals surface area (Å²) in [4.78, 5) is 23.3. The van der Waals surface area contributed by atoms with Crippen LogP contribution in [0.1, 0.15) is 38.4 Å². The van der Waals surface area contributed by atoms with E-state index in [0.29, 0.717) is 18.6 Å². The van der Waals surface area contributed by atoms with Gasteiger partial charge in [-0.1, -0.05) is 26.0 Å². The molecule has 0 spiro atoms. The fourth-order valence-corrected chi connectivity index (χ4v) is 3.36. The van der Waals surface area contributed by atoms with Gasteiger partial charge in [0.15, 0.2) is 11.9 Å². The Balaban J connectivity index is 2.16. The summed E-state index contributed by atoms with van der Waals surface area (Å²) in [7, 11) is 0. The minimum atomic E-state index is -0.993. The zero-order valence-electron chi connectivity index (χ0n) is 13.9. The number of carbonyl (C=O) groups is 1. The lowest BCUT2D eigenvalue weighted by molar-refractivity contribution is -0.386. The Hall–Kier alpha value is -3.14. The van der Waals surface area contributed by atoms with Gasteiger partial charge in [0.25, 0.3) is 5.69 Å². The van der Waals surface area contributed by atoms with Crippen molar-refractivity contribution in [3.63, 3.8) is 0 Å². The highest BCUT2D eigenvalue weighted by molar-refractivity contribution is 6.01. The van der Waals surface area contributed by atoms with Crippen molar-refractivity contribution in [2.75, 3.05) is 0 Å². The Kier molecular flexibility index (Phi) is 3.84. The third-order valence-electron chi connectivity index (χ3n) is 4.45. The van der Waals surface area contributed by atoms with Crippen LogP contribution in [-0.2, 0) is 9.53 Å². The number of benzene rings is 1. The van der Waals surface area contributed by atoms with Gasteiger partial charge in [-0.25, -0.2) is 0 Å². The Morgan fingerprint density at radius 3 is 2.68 bits per heavy atom. The van der Waals surface area contributed by atoms with E-state index in [1.165, 1.54) is 12.1 Å². The van der Waals surface area contributed by atoms with Gasteiger partial charge in [0.05, 0.1) is 27.3 Å². The third kappa shape index (κ3) is 2.76. The lowest BCUT2D eigenvalue weighted by atomic mass is 9.74. The number of Topliss-reactive ketones (excluding diaryl/α,β-unsaturated/α-hetero) is 1. The molecule has 0 amide bonds. The molecule has 1 aliphatic carbocycles. The van der Waals surface area contributed by atoms with Gasteiger partial charge >= 0.3 is 0 Å². The predicted molar refractivity (Wildman–Crippen MR) is 88.8 cm³/mol. The topological polar surface area (TPSA) is 119 Å². The number of para-hydroxylation sites is 1. The van der Waals surface area contributed by atoms with Crippen LogP contribution in [0.4, 0.5) is 5.69 Å². The van der Waals surface area contributed by atoms with E-state index in [0.717, 1.165) is 0 Å². The van der Waals surface area contributed by atoms with Crippen molar-refractivity contribution in [1.82, 2.24) is 0 Å². The summed E-state index contributed by atoms with van der Waals surface area (Å²) in [6.07, 6.45) is -0.206. The fourth-order valence-electron chi connectivity index (χ4n) is 3.36. The number of ketones is 1. The number of allylic oxidation sites excluding steroid dienone is 2. The van der Waals surface area contributed by atoms with E-state index in [1.807, 2.05) is 19.9 Å². The predicted octanol–water partition coefficient (Wildman–Crippen LogP) is 3.05. The molecule has 1 aromatic carbocycles. The molecule has 1 aromatic rings. The molecular weight excluding hydrogens is 322 g/mol. The maximum atomic E-state index is 12.5. The van der Waals surface area contributed by atoms with Gasteiger partial charge in [0, 0.05) is 18.9 Å². The number of nitrogens with zero attached hydrogens (tertiary/aromatic N) is 2. The van der Waals surface area contributed by atoms with E-state index < -0.39 is 11.0 Å². The lowest BCUT2D eigenvalue weighted by Crippen LogP contribution is -2.33. The first-order chi connectivity index (χ1) is 11.7. The smallest absolute Gasteiger partial charge is 0.276 e. The van der Waals surface area contributed by atoms with Gasteiger partial charge < -0.3 is 10.5 Å². The van der Waals surface area contributed by atoms with E-state index in [1.54, 1.807) is 12.1 Å². The molecule has 0 aromatic heterocycles. The average Bonchev–Trinajstić information content (AvgIpc) is 2.52. The Morgan fingerprint density at radius 2 is 2.04 bits per heavy atom. The van der Waals surface area contributed by atoms with E-state index in [9.17, 15) is 20.2 Å². The molecule has 0 fully saturated rings. The minimum absolute atomic E-state index is 0.0288. The summed E-state index contributed by atoms with van der Waals surface area (Å²) in [5.74, 6) is 0.235. The molecule has 2 aliphatic rings. The highest BCUT2D eigenvalue weighted by Gasteiger charge is 2.42. The van der Waals surface area contributed by atoms with Crippen LogP contribution in [0.15, 0.2) is 46.9 Å². The molecule has 128 valence electrons. The molecule has 2 N–H and O–H groups in total. The number of ether oxygens (including phenoxy) is 1. The van der Waals surface area contributed by atoms with E-state index in [2.05, 4.69) is 0 Å². The molecular formula is C18H17N3O4. The first-order valence-corrected chi connectivity index (χ1v) is 7.81. The highest BCUT2D eigenvalue weighted by Crippen LogP contribution is 2.47. The Bertz CT molecular complexity index is 890. The molecule has 0 saturated heterocycles. The van der Waals surface area contributed by atoms with E-state index in [-0.39, 0.29) is 39.3 Å². The lowest BCUT2D eigenvalue weighted by Gasteiger charge is -2.36. The van der Waals surface area contributed by atoms with Gasteiger partial charge in [-0.3, -0.25) is 14.9 Å². The molecule has 7 nitrogen and oxygen atoms in total. The van der Waals surface area contributed by atoms with Crippen LogP contribution in [0.2, 0.25) is 0 Å². The number of hydrogen-bond acceptors (Lipinski definition) is 6. The zero-order chi connectivity index (χ0) is 18.4. The number of rotatable bonds is 2. The largest absolute Gasteiger partial charge is 0.483 e. The zero-order valence-corrected chi connectivity index (χ0v) is 13.9.